The number of carbonyl (C=O) groups excluding carboxylic acids is 1. The average Bonchev–Trinajstić information content (AvgIpc) is 1.81. The predicted octanol–water partition coefficient (Wildman–Crippen LogP) is -0.249. The van der Waals surface area contributed by atoms with Crippen LogP contribution in [0.1, 0.15) is 14.3 Å². The SMILES string of the molecule is O=CNCCCCO.[HH]. The maximum absolute atomic E-state index is 9.59. The van der Waals surface area contributed by atoms with E-state index in [4.69, 9.17) is 5.11 Å². The lowest BCUT2D eigenvalue weighted by Gasteiger charge is -1.93. The van der Waals surface area contributed by atoms with E-state index in [1.807, 2.05) is 0 Å². The molecule has 0 fully saturated rings. The van der Waals surface area contributed by atoms with Crippen molar-refractivity contribution in [3.05, 3.63) is 0 Å². The van der Waals surface area contributed by atoms with Crippen LogP contribution in [0.15, 0.2) is 0 Å². The van der Waals surface area contributed by atoms with E-state index in [0.29, 0.717) is 13.0 Å². The van der Waals surface area contributed by atoms with E-state index in [0.717, 1.165) is 12.8 Å². The first-order valence-electron chi connectivity index (χ1n) is 2.69. The van der Waals surface area contributed by atoms with E-state index < -0.39 is 0 Å². The van der Waals surface area contributed by atoms with Crippen molar-refractivity contribution in [3.8, 4) is 0 Å². The molecule has 50 valence electrons. The Labute approximate surface area is 50.2 Å². The highest BCUT2D eigenvalue weighted by Crippen LogP contribution is 1.81. The monoisotopic (exact) mass is 119 g/mol. The first kappa shape index (κ1) is 7.43. The van der Waals surface area contributed by atoms with Crippen molar-refractivity contribution in [1.29, 1.82) is 0 Å². The number of hydrogen-bond donors (Lipinski definition) is 2. The second-order valence-electron chi connectivity index (χ2n) is 1.50. The molecule has 0 aromatic carbocycles. The third-order valence-corrected chi connectivity index (χ3v) is 0.813. The molecule has 0 aliphatic carbocycles. The van der Waals surface area contributed by atoms with Crippen LogP contribution in [0, 0.1) is 0 Å². The molecule has 0 aliphatic rings. The molecule has 8 heavy (non-hydrogen) atoms. The fourth-order valence-electron chi connectivity index (χ4n) is 0.398. The molecule has 0 atom stereocenters. The Balaban J connectivity index is 0. The topological polar surface area (TPSA) is 49.3 Å². The minimum Gasteiger partial charge on any atom is -0.396 e. The Hall–Kier alpha value is -0.570. The summed E-state index contributed by atoms with van der Waals surface area (Å²) in [5.74, 6) is 0. The summed E-state index contributed by atoms with van der Waals surface area (Å²) in [5, 5.41) is 10.7. The van der Waals surface area contributed by atoms with Gasteiger partial charge in [-0.15, -0.1) is 0 Å². The van der Waals surface area contributed by atoms with Crippen molar-refractivity contribution in [3.63, 3.8) is 0 Å². The smallest absolute Gasteiger partial charge is 0.207 e. The Kier molecular flexibility index (Phi) is 5.97. The second kappa shape index (κ2) is 6.43. The van der Waals surface area contributed by atoms with Crippen molar-refractivity contribution in [2.75, 3.05) is 13.2 Å². The molecule has 0 saturated carbocycles. The van der Waals surface area contributed by atoms with E-state index in [1.165, 1.54) is 0 Å². The van der Waals surface area contributed by atoms with Crippen LogP contribution in [0.5, 0.6) is 0 Å². The van der Waals surface area contributed by atoms with Gasteiger partial charge in [-0.2, -0.15) is 0 Å². The van der Waals surface area contributed by atoms with Crippen molar-refractivity contribution in [1.82, 2.24) is 5.32 Å². The van der Waals surface area contributed by atoms with Gasteiger partial charge in [0.1, 0.15) is 0 Å². The van der Waals surface area contributed by atoms with Gasteiger partial charge in [0.2, 0.25) is 6.41 Å². The third kappa shape index (κ3) is 5.43. The number of unbranched alkanes of at least 4 members (excludes halogenated alkanes) is 1. The van der Waals surface area contributed by atoms with Gasteiger partial charge in [-0.3, -0.25) is 4.79 Å². The molecule has 1 amide bonds. The molecule has 0 heterocycles. The Morgan fingerprint density at radius 3 is 2.88 bits per heavy atom. The van der Waals surface area contributed by atoms with Crippen LogP contribution < -0.4 is 5.32 Å². The summed E-state index contributed by atoms with van der Waals surface area (Å²) < 4.78 is 0. The van der Waals surface area contributed by atoms with Gasteiger partial charge in [0, 0.05) is 14.6 Å². The summed E-state index contributed by atoms with van der Waals surface area (Å²) in [5.41, 5.74) is 0. The molecule has 0 aromatic heterocycles. The van der Waals surface area contributed by atoms with Crippen LogP contribution in [0.2, 0.25) is 0 Å². The van der Waals surface area contributed by atoms with Crippen LogP contribution in [-0.2, 0) is 4.79 Å². The lowest BCUT2D eigenvalue weighted by atomic mass is 10.3. The number of nitrogens with one attached hydrogen (secondary N) is 1. The lowest BCUT2D eigenvalue weighted by Crippen LogP contribution is -2.12. The van der Waals surface area contributed by atoms with Gasteiger partial charge in [-0.1, -0.05) is 0 Å². The molecule has 0 aliphatic heterocycles. The molecule has 0 spiro atoms. The quantitative estimate of drug-likeness (QED) is 0.387. The number of hydrogen-bond acceptors (Lipinski definition) is 2. The van der Waals surface area contributed by atoms with E-state index in [-0.39, 0.29) is 8.03 Å². The molecular weight excluding hydrogens is 106 g/mol. The van der Waals surface area contributed by atoms with Gasteiger partial charge in [0.05, 0.1) is 0 Å². The van der Waals surface area contributed by atoms with Crippen LogP contribution in [0.3, 0.4) is 0 Å². The first-order chi connectivity index (χ1) is 3.91. The van der Waals surface area contributed by atoms with Crippen molar-refractivity contribution < 1.29 is 11.3 Å². The number of amides is 1. The highest BCUT2D eigenvalue weighted by molar-refractivity contribution is 5.45. The zero-order valence-corrected chi connectivity index (χ0v) is 4.76. The van der Waals surface area contributed by atoms with Crippen molar-refractivity contribution >= 4 is 6.41 Å². The summed E-state index contributed by atoms with van der Waals surface area (Å²) in [4.78, 5) is 9.59. The first-order valence-corrected chi connectivity index (χ1v) is 2.69. The molecule has 0 radical (unpaired) electrons. The minimum absolute atomic E-state index is 0. The second-order valence-corrected chi connectivity index (χ2v) is 1.50. The standard InChI is InChI=1S/C5H11NO2.H2/c7-4-2-1-3-6-5-8;/h5,7H,1-4H2,(H,6,8);1H. The van der Waals surface area contributed by atoms with Gasteiger partial charge in [-0.25, -0.2) is 0 Å². The lowest BCUT2D eigenvalue weighted by molar-refractivity contribution is -0.109. The van der Waals surface area contributed by atoms with Crippen LogP contribution >= 0.6 is 0 Å². The number of rotatable bonds is 5. The highest BCUT2D eigenvalue weighted by Gasteiger charge is 1.81. The number of aliphatic hydroxyl groups excluding tert-OH is 1. The summed E-state index contributed by atoms with van der Waals surface area (Å²) in [6, 6.07) is 0. The third-order valence-electron chi connectivity index (χ3n) is 0.813. The van der Waals surface area contributed by atoms with Crippen LogP contribution in [0.4, 0.5) is 0 Å². The predicted molar refractivity (Wildman–Crippen MR) is 32.5 cm³/mol. The van der Waals surface area contributed by atoms with Gasteiger partial charge in [0.15, 0.2) is 0 Å². The van der Waals surface area contributed by atoms with E-state index in [9.17, 15) is 4.79 Å². The normalized spacial score (nSPS) is 8.62. The van der Waals surface area contributed by atoms with Crippen molar-refractivity contribution in [2.24, 2.45) is 0 Å². The molecular formula is C5H13NO2. The van der Waals surface area contributed by atoms with Crippen LogP contribution in [0.25, 0.3) is 0 Å². The van der Waals surface area contributed by atoms with Gasteiger partial charge in [-0.05, 0) is 12.8 Å². The largest absolute Gasteiger partial charge is 0.396 e. The molecule has 2 N–H and O–H groups in total. The van der Waals surface area contributed by atoms with Gasteiger partial charge >= 0.3 is 0 Å². The fraction of sp³-hybridized carbons (Fsp3) is 0.800. The molecule has 3 heteroatoms. The average molecular weight is 119 g/mol. The Bertz CT molecular complexity index is 60.9. The maximum Gasteiger partial charge on any atom is 0.207 e. The zero-order valence-electron chi connectivity index (χ0n) is 4.76. The molecule has 0 saturated heterocycles. The fourth-order valence-corrected chi connectivity index (χ4v) is 0.398. The summed E-state index contributed by atoms with van der Waals surface area (Å²) in [7, 11) is 0. The highest BCUT2D eigenvalue weighted by atomic mass is 16.2. The van der Waals surface area contributed by atoms with E-state index in [1.54, 1.807) is 0 Å². The Morgan fingerprint density at radius 1 is 1.62 bits per heavy atom. The number of aliphatic hydroxyl groups is 1. The molecule has 0 rings (SSSR count). The molecule has 0 bridgehead atoms. The zero-order chi connectivity index (χ0) is 6.24. The van der Waals surface area contributed by atoms with Crippen LogP contribution in [-0.4, -0.2) is 24.7 Å². The van der Waals surface area contributed by atoms with Gasteiger partial charge in [0.25, 0.3) is 0 Å². The van der Waals surface area contributed by atoms with Crippen molar-refractivity contribution in [2.45, 2.75) is 12.8 Å². The van der Waals surface area contributed by atoms with E-state index in [2.05, 4.69) is 5.32 Å². The maximum atomic E-state index is 9.59. The molecule has 0 aromatic rings. The van der Waals surface area contributed by atoms with Gasteiger partial charge < -0.3 is 10.4 Å². The minimum atomic E-state index is 0. The summed E-state index contributed by atoms with van der Waals surface area (Å²) in [6.45, 7) is 0.880. The number of carbonyl (C=O) groups is 1. The Morgan fingerprint density at radius 2 is 2.38 bits per heavy atom. The molecule has 3 nitrogen and oxygen atoms in total. The summed E-state index contributed by atoms with van der Waals surface area (Å²) in [6.07, 6.45) is 2.29. The molecule has 0 unspecified atom stereocenters. The van der Waals surface area contributed by atoms with E-state index >= 15 is 0 Å². The summed E-state index contributed by atoms with van der Waals surface area (Å²) >= 11 is 0.